The number of rotatable bonds is 6. The van der Waals surface area contributed by atoms with Crippen LogP contribution in [0.15, 0.2) is 6.33 Å². The van der Waals surface area contributed by atoms with Gasteiger partial charge in [-0.15, -0.1) is 0 Å². The molecule has 0 radical (unpaired) electrons. The van der Waals surface area contributed by atoms with E-state index in [2.05, 4.69) is 43.0 Å². The van der Waals surface area contributed by atoms with E-state index >= 15 is 0 Å². The highest BCUT2D eigenvalue weighted by Crippen LogP contribution is 2.21. The largest absolute Gasteiger partial charge is 0.383 e. The van der Waals surface area contributed by atoms with Gasteiger partial charge in [0, 0.05) is 11.6 Å². The molecule has 0 spiro atoms. The van der Waals surface area contributed by atoms with E-state index in [1.54, 1.807) is 0 Å². The summed E-state index contributed by atoms with van der Waals surface area (Å²) in [5.74, 6) is 2.11. The summed E-state index contributed by atoms with van der Waals surface area (Å²) in [6, 6.07) is 0.393. The Hall–Kier alpha value is -1.32. The minimum atomic E-state index is 0.393. The molecule has 0 saturated carbocycles. The van der Waals surface area contributed by atoms with Gasteiger partial charge in [-0.25, -0.2) is 9.97 Å². The highest BCUT2D eigenvalue weighted by Gasteiger charge is 2.14. The number of hydrogen-bond donors (Lipinski definition) is 2. The van der Waals surface area contributed by atoms with Crippen molar-refractivity contribution in [2.45, 2.75) is 53.0 Å². The van der Waals surface area contributed by atoms with E-state index in [1.807, 2.05) is 0 Å². The number of nitrogen functional groups attached to an aromatic ring is 1. The second-order valence-electron chi connectivity index (χ2n) is 4.65. The van der Waals surface area contributed by atoms with Gasteiger partial charge in [0.1, 0.15) is 18.0 Å². The zero-order chi connectivity index (χ0) is 12.8. The van der Waals surface area contributed by atoms with Crippen molar-refractivity contribution in [2.24, 2.45) is 5.92 Å². The Bertz CT molecular complexity index is 351. The third-order valence-electron chi connectivity index (χ3n) is 3.34. The quantitative estimate of drug-likeness (QED) is 0.797. The monoisotopic (exact) mass is 236 g/mol. The maximum absolute atomic E-state index is 5.90. The van der Waals surface area contributed by atoms with E-state index in [0.29, 0.717) is 17.8 Å². The normalized spacial score (nSPS) is 14.4. The molecule has 1 aromatic rings. The lowest BCUT2D eigenvalue weighted by molar-refractivity contribution is 0.493. The summed E-state index contributed by atoms with van der Waals surface area (Å²) in [5, 5.41) is 3.46. The van der Waals surface area contributed by atoms with Gasteiger partial charge in [-0.2, -0.15) is 0 Å². The van der Waals surface area contributed by atoms with Gasteiger partial charge in [0.05, 0.1) is 0 Å². The number of nitrogens with one attached hydrogen (secondary N) is 1. The van der Waals surface area contributed by atoms with Crippen molar-refractivity contribution in [1.29, 1.82) is 0 Å². The summed E-state index contributed by atoms with van der Waals surface area (Å²) in [5.41, 5.74) is 6.95. The first kappa shape index (κ1) is 13.7. The van der Waals surface area contributed by atoms with Gasteiger partial charge in [-0.3, -0.25) is 0 Å². The van der Waals surface area contributed by atoms with Crippen LogP contribution >= 0.6 is 0 Å². The first-order valence-corrected chi connectivity index (χ1v) is 6.46. The minimum Gasteiger partial charge on any atom is -0.383 e. The lowest BCUT2D eigenvalue weighted by atomic mass is 10.0. The van der Waals surface area contributed by atoms with Gasteiger partial charge in [-0.05, 0) is 19.3 Å². The molecule has 0 amide bonds. The Morgan fingerprint density at radius 1 is 1.29 bits per heavy atom. The van der Waals surface area contributed by atoms with Crippen molar-refractivity contribution in [1.82, 2.24) is 9.97 Å². The van der Waals surface area contributed by atoms with Crippen molar-refractivity contribution in [2.75, 3.05) is 11.1 Å². The van der Waals surface area contributed by atoms with Crippen LogP contribution in [-0.4, -0.2) is 16.0 Å². The van der Waals surface area contributed by atoms with E-state index < -0.39 is 0 Å². The Morgan fingerprint density at radius 2 is 2.00 bits per heavy atom. The fourth-order valence-electron chi connectivity index (χ4n) is 1.76. The molecule has 1 rings (SSSR count). The van der Waals surface area contributed by atoms with Crippen LogP contribution in [0.3, 0.4) is 0 Å². The van der Waals surface area contributed by atoms with E-state index in [1.165, 1.54) is 6.33 Å². The average molecular weight is 236 g/mol. The fraction of sp³-hybridized carbons (Fsp3) is 0.692. The first-order valence-electron chi connectivity index (χ1n) is 6.46. The van der Waals surface area contributed by atoms with Gasteiger partial charge >= 0.3 is 0 Å². The molecule has 4 heteroatoms. The van der Waals surface area contributed by atoms with Crippen LogP contribution in [0.1, 0.15) is 46.1 Å². The van der Waals surface area contributed by atoms with Crippen molar-refractivity contribution in [3.8, 4) is 0 Å². The maximum Gasteiger partial charge on any atom is 0.134 e. The van der Waals surface area contributed by atoms with Crippen molar-refractivity contribution >= 4 is 11.6 Å². The number of nitrogens with two attached hydrogens (primary N) is 1. The smallest absolute Gasteiger partial charge is 0.134 e. The van der Waals surface area contributed by atoms with Gasteiger partial charge in [0.2, 0.25) is 0 Å². The number of nitrogens with zero attached hydrogens (tertiary/aromatic N) is 2. The van der Waals surface area contributed by atoms with Crippen LogP contribution in [0.5, 0.6) is 0 Å². The molecule has 2 atom stereocenters. The molecule has 96 valence electrons. The molecule has 0 aromatic carbocycles. The van der Waals surface area contributed by atoms with E-state index in [-0.39, 0.29) is 0 Å². The molecule has 0 aliphatic carbocycles. The standard InChI is InChI=1S/C13H24N4/c1-5-7-11-12(14)15-8-16-13(11)17-10(4)9(3)6-2/h8-10H,5-7H2,1-4H3,(H3,14,15,16,17). The summed E-state index contributed by atoms with van der Waals surface area (Å²) in [7, 11) is 0. The van der Waals surface area contributed by atoms with Gasteiger partial charge in [0.25, 0.3) is 0 Å². The van der Waals surface area contributed by atoms with Crippen molar-refractivity contribution < 1.29 is 0 Å². The Kier molecular flexibility index (Phi) is 5.19. The topological polar surface area (TPSA) is 63.8 Å². The summed E-state index contributed by atoms with van der Waals surface area (Å²) < 4.78 is 0. The predicted molar refractivity (Wildman–Crippen MR) is 73.0 cm³/mol. The summed E-state index contributed by atoms with van der Waals surface area (Å²) in [6.45, 7) is 8.75. The summed E-state index contributed by atoms with van der Waals surface area (Å²) in [4.78, 5) is 8.37. The molecular weight excluding hydrogens is 212 g/mol. The van der Waals surface area contributed by atoms with Crippen molar-refractivity contribution in [3.63, 3.8) is 0 Å². The molecule has 0 bridgehead atoms. The molecule has 1 heterocycles. The lowest BCUT2D eigenvalue weighted by Crippen LogP contribution is -2.25. The molecule has 3 N–H and O–H groups in total. The Morgan fingerprint density at radius 3 is 2.59 bits per heavy atom. The molecular formula is C13H24N4. The van der Waals surface area contributed by atoms with Crippen LogP contribution in [0, 0.1) is 5.92 Å². The molecule has 4 nitrogen and oxygen atoms in total. The van der Waals surface area contributed by atoms with Gasteiger partial charge in [-0.1, -0.05) is 33.6 Å². The first-order chi connectivity index (χ1) is 8.10. The molecule has 0 saturated heterocycles. The van der Waals surface area contributed by atoms with Gasteiger partial charge in [0.15, 0.2) is 0 Å². The third kappa shape index (κ3) is 3.58. The Labute approximate surface area is 104 Å². The lowest BCUT2D eigenvalue weighted by Gasteiger charge is -2.22. The highest BCUT2D eigenvalue weighted by molar-refractivity contribution is 5.55. The van der Waals surface area contributed by atoms with Gasteiger partial charge < -0.3 is 11.1 Å². The predicted octanol–water partition coefficient (Wildman–Crippen LogP) is 2.86. The number of aromatic nitrogens is 2. The summed E-state index contributed by atoms with van der Waals surface area (Å²) in [6.07, 6.45) is 4.64. The van der Waals surface area contributed by atoms with E-state index in [9.17, 15) is 0 Å². The van der Waals surface area contributed by atoms with Crippen LogP contribution < -0.4 is 11.1 Å². The van der Waals surface area contributed by atoms with Crippen LogP contribution in [-0.2, 0) is 6.42 Å². The van der Waals surface area contributed by atoms with E-state index in [0.717, 1.165) is 30.6 Å². The molecule has 1 aromatic heterocycles. The van der Waals surface area contributed by atoms with Crippen LogP contribution in [0.2, 0.25) is 0 Å². The summed E-state index contributed by atoms with van der Waals surface area (Å²) >= 11 is 0. The van der Waals surface area contributed by atoms with Crippen LogP contribution in [0.25, 0.3) is 0 Å². The number of hydrogen-bond acceptors (Lipinski definition) is 4. The van der Waals surface area contributed by atoms with E-state index in [4.69, 9.17) is 5.73 Å². The molecule has 2 unspecified atom stereocenters. The molecule has 17 heavy (non-hydrogen) atoms. The Balaban J connectivity index is 2.86. The highest BCUT2D eigenvalue weighted by atomic mass is 15.1. The fourth-order valence-corrected chi connectivity index (χ4v) is 1.76. The number of anilines is 2. The van der Waals surface area contributed by atoms with Crippen molar-refractivity contribution in [3.05, 3.63) is 11.9 Å². The average Bonchev–Trinajstić information content (AvgIpc) is 2.32. The zero-order valence-corrected chi connectivity index (χ0v) is 11.3. The zero-order valence-electron chi connectivity index (χ0n) is 11.3. The third-order valence-corrected chi connectivity index (χ3v) is 3.34. The second-order valence-corrected chi connectivity index (χ2v) is 4.65. The maximum atomic E-state index is 5.90. The minimum absolute atomic E-state index is 0.393. The van der Waals surface area contributed by atoms with Crippen LogP contribution in [0.4, 0.5) is 11.6 Å². The molecule has 0 aliphatic rings. The SMILES string of the molecule is CCCc1c(N)ncnc1NC(C)C(C)CC. The molecule has 0 fully saturated rings. The molecule has 0 aliphatic heterocycles. The second kappa shape index (κ2) is 6.42.